The Morgan fingerprint density at radius 1 is 0.941 bits per heavy atom. The summed E-state index contributed by atoms with van der Waals surface area (Å²) in [6.07, 6.45) is -9.89. The second-order valence-corrected chi connectivity index (χ2v) is 8.74. The average Bonchev–Trinajstić information content (AvgIpc) is 2.75. The van der Waals surface area contributed by atoms with Crippen molar-refractivity contribution in [3.05, 3.63) is 68.7 Å². The summed E-state index contributed by atoms with van der Waals surface area (Å²) in [7, 11) is 0. The van der Waals surface area contributed by atoms with Gasteiger partial charge in [-0.3, -0.25) is 9.69 Å². The minimum atomic E-state index is -5.06. The fraction of sp³-hybridized carbons (Fsp3) is 0.409. The molecule has 1 N–H and O–H groups in total. The van der Waals surface area contributed by atoms with Crippen LogP contribution in [0.4, 0.5) is 26.3 Å². The number of aliphatic hydroxyl groups is 1. The molecule has 34 heavy (non-hydrogen) atoms. The van der Waals surface area contributed by atoms with E-state index in [1.54, 1.807) is 18.2 Å². The van der Waals surface area contributed by atoms with Crippen LogP contribution in [-0.4, -0.2) is 59.6 Å². The van der Waals surface area contributed by atoms with Gasteiger partial charge in [0.15, 0.2) is 0 Å². The first-order valence-electron chi connectivity index (χ1n) is 10.2. The van der Waals surface area contributed by atoms with Crippen LogP contribution in [0.1, 0.15) is 27.0 Å². The minimum Gasteiger partial charge on any atom is -0.395 e. The van der Waals surface area contributed by atoms with Gasteiger partial charge >= 0.3 is 12.4 Å². The zero-order valence-corrected chi connectivity index (χ0v) is 19.1. The monoisotopic (exact) mass is 528 g/mol. The lowest BCUT2D eigenvalue weighted by Crippen LogP contribution is -2.56. The average molecular weight is 529 g/mol. The van der Waals surface area contributed by atoms with Crippen molar-refractivity contribution in [2.24, 2.45) is 0 Å². The molecule has 2 aromatic rings. The summed E-state index contributed by atoms with van der Waals surface area (Å²) in [5.74, 6) is -0.940. The summed E-state index contributed by atoms with van der Waals surface area (Å²) in [6, 6.07) is 5.10. The van der Waals surface area contributed by atoms with Crippen LogP contribution in [0.25, 0.3) is 0 Å². The number of alkyl halides is 6. The summed E-state index contributed by atoms with van der Waals surface area (Å²) in [4.78, 5) is 16.4. The molecule has 1 aliphatic heterocycles. The lowest BCUT2D eigenvalue weighted by Gasteiger charge is -2.41. The maximum atomic E-state index is 13.3. The second kappa shape index (κ2) is 10.3. The van der Waals surface area contributed by atoms with E-state index in [1.807, 2.05) is 4.90 Å². The lowest BCUT2D eigenvalue weighted by atomic mass is 9.99. The summed E-state index contributed by atoms with van der Waals surface area (Å²) < 4.78 is 79.6. The van der Waals surface area contributed by atoms with Crippen LogP contribution >= 0.6 is 23.2 Å². The third kappa shape index (κ3) is 6.35. The van der Waals surface area contributed by atoms with Crippen molar-refractivity contribution >= 4 is 29.1 Å². The van der Waals surface area contributed by atoms with Gasteiger partial charge in [-0.25, -0.2) is 0 Å². The molecule has 1 saturated heterocycles. The van der Waals surface area contributed by atoms with E-state index in [-0.39, 0.29) is 37.2 Å². The number of nitrogens with zero attached hydrogens (tertiary/aromatic N) is 2. The molecule has 0 saturated carbocycles. The maximum Gasteiger partial charge on any atom is 0.416 e. The number of hydrogen-bond donors (Lipinski definition) is 1. The molecule has 0 aliphatic carbocycles. The molecule has 0 radical (unpaired) electrons. The van der Waals surface area contributed by atoms with E-state index in [9.17, 15) is 36.2 Å². The molecule has 0 aromatic heterocycles. The molecule has 0 unspecified atom stereocenters. The van der Waals surface area contributed by atoms with Crippen LogP contribution in [0.3, 0.4) is 0 Å². The van der Waals surface area contributed by atoms with Crippen LogP contribution in [-0.2, 0) is 18.8 Å². The Balaban J connectivity index is 1.97. The Kier molecular flexibility index (Phi) is 8.07. The van der Waals surface area contributed by atoms with Crippen molar-refractivity contribution in [1.29, 1.82) is 0 Å². The van der Waals surface area contributed by atoms with Crippen LogP contribution in [0.15, 0.2) is 36.4 Å². The predicted octanol–water partition coefficient (Wildman–Crippen LogP) is 5.39. The van der Waals surface area contributed by atoms with Gasteiger partial charge in [-0.15, -0.1) is 0 Å². The summed E-state index contributed by atoms with van der Waals surface area (Å²) in [6.45, 7) is 0.785. The molecular formula is C22H20Cl2F6N2O2. The number of piperazine rings is 1. The summed E-state index contributed by atoms with van der Waals surface area (Å²) in [5.41, 5.74) is -3.11. The fourth-order valence-electron chi connectivity index (χ4n) is 3.89. The molecule has 12 heteroatoms. The SMILES string of the molecule is O=C(c1cc(C(F)(F)F)cc(C(F)(F)F)c1)N1CCN(CCO)C[C@H]1Cc1ccc(Cl)c(Cl)c1. The van der Waals surface area contributed by atoms with E-state index in [0.29, 0.717) is 35.8 Å². The quantitative estimate of drug-likeness (QED) is 0.529. The normalized spacial score (nSPS) is 17.8. The number of halogens is 8. The number of carbonyl (C=O) groups is 1. The van der Waals surface area contributed by atoms with E-state index in [1.165, 1.54) is 4.90 Å². The second-order valence-electron chi connectivity index (χ2n) is 7.92. The zero-order chi connectivity index (χ0) is 25.3. The minimum absolute atomic E-state index is 0.0108. The lowest BCUT2D eigenvalue weighted by molar-refractivity contribution is -0.143. The summed E-state index contributed by atoms with van der Waals surface area (Å²) in [5, 5.41) is 9.84. The first-order valence-corrected chi connectivity index (χ1v) is 10.9. The molecule has 4 nitrogen and oxygen atoms in total. The van der Waals surface area contributed by atoms with Gasteiger partial charge in [-0.1, -0.05) is 29.3 Å². The molecule has 1 aliphatic rings. The van der Waals surface area contributed by atoms with E-state index < -0.39 is 41.0 Å². The first-order chi connectivity index (χ1) is 15.8. The van der Waals surface area contributed by atoms with Crippen LogP contribution < -0.4 is 0 Å². The topological polar surface area (TPSA) is 43.8 Å². The Labute approximate surface area is 201 Å². The highest BCUT2D eigenvalue weighted by Crippen LogP contribution is 2.37. The van der Waals surface area contributed by atoms with Gasteiger partial charge in [0.05, 0.1) is 27.8 Å². The third-order valence-corrected chi connectivity index (χ3v) is 6.27. The Morgan fingerprint density at radius 3 is 2.09 bits per heavy atom. The number of carbonyl (C=O) groups excluding carboxylic acids is 1. The molecule has 2 aromatic carbocycles. The van der Waals surface area contributed by atoms with Crippen LogP contribution in [0, 0.1) is 0 Å². The molecule has 3 rings (SSSR count). The molecule has 0 bridgehead atoms. The molecule has 1 atom stereocenters. The number of amides is 1. The van der Waals surface area contributed by atoms with Gasteiger partial charge in [0.1, 0.15) is 0 Å². The smallest absolute Gasteiger partial charge is 0.395 e. The van der Waals surface area contributed by atoms with Gasteiger partial charge in [0, 0.05) is 37.8 Å². The number of benzene rings is 2. The van der Waals surface area contributed by atoms with Gasteiger partial charge in [-0.2, -0.15) is 26.3 Å². The number of hydrogen-bond acceptors (Lipinski definition) is 3. The molecule has 1 fully saturated rings. The van der Waals surface area contributed by atoms with Crippen molar-refractivity contribution < 1.29 is 36.2 Å². The highest BCUT2D eigenvalue weighted by atomic mass is 35.5. The zero-order valence-electron chi connectivity index (χ0n) is 17.6. The standard InChI is InChI=1S/C22H20Cl2F6N2O2/c23-18-2-1-13(8-19(18)24)7-17-12-31(5-6-33)3-4-32(17)20(34)14-9-15(21(25,26)27)11-16(10-14)22(28,29)30/h1-2,8-11,17,33H,3-7,12H2/t17-/m1/s1. The Morgan fingerprint density at radius 2 is 1.56 bits per heavy atom. The van der Waals surface area contributed by atoms with E-state index in [2.05, 4.69) is 0 Å². The van der Waals surface area contributed by atoms with Gasteiger partial charge < -0.3 is 10.0 Å². The van der Waals surface area contributed by atoms with Crippen molar-refractivity contribution in [1.82, 2.24) is 9.80 Å². The molecule has 0 spiro atoms. The first kappa shape index (κ1) is 26.6. The molecular weight excluding hydrogens is 509 g/mol. The largest absolute Gasteiger partial charge is 0.416 e. The van der Waals surface area contributed by atoms with Gasteiger partial charge in [0.25, 0.3) is 5.91 Å². The van der Waals surface area contributed by atoms with Crippen molar-refractivity contribution in [3.8, 4) is 0 Å². The highest BCUT2D eigenvalue weighted by molar-refractivity contribution is 6.42. The Hall–Kier alpha value is -2.01. The third-order valence-electron chi connectivity index (χ3n) is 5.53. The fourth-order valence-corrected chi connectivity index (χ4v) is 4.21. The van der Waals surface area contributed by atoms with Crippen LogP contribution in [0.2, 0.25) is 10.0 Å². The van der Waals surface area contributed by atoms with Crippen LogP contribution in [0.5, 0.6) is 0 Å². The molecule has 1 heterocycles. The van der Waals surface area contributed by atoms with E-state index >= 15 is 0 Å². The maximum absolute atomic E-state index is 13.3. The van der Waals surface area contributed by atoms with Gasteiger partial charge in [-0.05, 0) is 42.3 Å². The number of aliphatic hydroxyl groups excluding tert-OH is 1. The Bertz CT molecular complexity index is 1010. The van der Waals surface area contributed by atoms with Crippen molar-refractivity contribution in [2.45, 2.75) is 24.8 Å². The predicted molar refractivity (Wildman–Crippen MR) is 115 cm³/mol. The summed E-state index contributed by atoms with van der Waals surface area (Å²) >= 11 is 12.0. The van der Waals surface area contributed by atoms with E-state index in [0.717, 1.165) is 0 Å². The molecule has 1 amide bonds. The van der Waals surface area contributed by atoms with Crippen molar-refractivity contribution in [2.75, 3.05) is 32.8 Å². The van der Waals surface area contributed by atoms with E-state index in [4.69, 9.17) is 23.2 Å². The number of β-amino-alcohol motifs (C(OH)–C–C–N with tert-alkyl or cyclic N) is 1. The van der Waals surface area contributed by atoms with Gasteiger partial charge in [0.2, 0.25) is 0 Å². The van der Waals surface area contributed by atoms with Crippen molar-refractivity contribution in [3.63, 3.8) is 0 Å². The number of rotatable bonds is 5. The highest BCUT2D eigenvalue weighted by Gasteiger charge is 2.39. The molecule has 186 valence electrons.